The molecular formula is C46H29N3S. The van der Waals surface area contributed by atoms with Gasteiger partial charge in [-0.2, -0.15) is 0 Å². The summed E-state index contributed by atoms with van der Waals surface area (Å²) in [5.41, 5.74) is 12.4. The van der Waals surface area contributed by atoms with E-state index in [1.807, 2.05) is 24.3 Å². The smallest absolute Gasteiger partial charge is 0.160 e. The second-order valence-electron chi connectivity index (χ2n) is 12.6. The largest absolute Gasteiger partial charge is 0.309 e. The molecule has 0 saturated heterocycles. The van der Waals surface area contributed by atoms with Crippen LogP contribution in [0.2, 0.25) is 0 Å². The van der Waals surface area contributed by atoms with Crippen molar-refractivity contribution in [1.82, 2.24) is 14.5 Å². The van der Waals surface area contributed by atoms with Crippen LogP contribution >= 0.6 is 11.3 Å². The summed E-state index contributed by atoms with van der Waals surface area (Å²) in [5, 5.41) is 3.67. The number of fused-ring (bicyclic) bond motifs is 6. The second kappa shape index (κ2) is 11.7. The highest BCUT2D eigenvalue weighted by Crippen LogP contribution is 2.41. The maximum atomic E-state index is 5.18. The van der Waals surface area contributed by atoms with E-state index in [2.05, 4.69) is 156 Å². The van der Waals surface area contributed by atoms with E-state index in [1.165, 1.54) is 48.8 Å². The van der Waals surface area contributed by atoms with E-state index in [9.17, 15) is 0 Å². The monoisotopic (exact) mass is 655 g/mol. The van der Waals surface area contributed by atoms with Crippen molar-refractivity contribution < 1.29 is 0 Å². The molecule has 0 fully saturated rings. The van der Waals surface area contributed by atoms with Crippen molar-refractivity contribution in [3.8, 4) is 50.6 Å². The Kier molecular flexibility index (Phi) is 6.68. The van der Waals surface area contributed by atoms with Crippen LogP contribution in [0.5, 0.6) is 0 Å². The third kappa shape index (κ3) is 4.73. The van der Waals surface area contributed by atoms with Crippen LogP contribution in [-0.4, -0.2) is 14.5 Å². The molecule has 4 heteroatoms. The lowest BCUT2D eigenvalue weighted by Gasteiger charge is -2.10. The van der Waals surface area contributed by atoms with Gasteiger partial charge in [0.25, 0.3) is 0 Å². The summed E-state index contributed by atoms with van der Waals surface area (Å²) < 4.78 is 4.70. The minimum absolute atomic E-state index is 0.744. The Morgan fingerprint density at radius 3 is 1.70 bits per heavy atom. The van der Waals surface area contributed by atoms with Crippen LogP contribution < -0.4 is 0 Å². The van der Waals surface area contributed by atoms with Crippen LogP contribution in [0.25, 0.3) is 92.7 Å². The highest BCUT2D eigenvalue weighted by atomic mass is 32.1. The fourth-order valence-electron chi connectivity index (χ4n) is 7.20. The molecule has 0 aliphatic rings. The average Bonchev–Trinajstić information content (AvgIpc) is 3.73. The van der Waals surface area contributed by atoms with E-state index in [4.69, 9.17) is 9.97 Å². The van der Waals surface area contributed by atoms with Crippen LogP contribution in [0.3, 0.4) is 0 Å². The predicted octanol–water partition coefficient (Wildman–Crippen LogP) is 12.6. The van der Waals surface area contributed by atoms with Gasteiger partial charge in [-0.3, -0.25) is 0 Å². The third-order valence-corrected chi connectivity index (χ3v) is 10.8. The second-order valence-corrected chi connectivity index (χ2v) is 13.7. The van der Waals surface area contributed by atoms with Gasteiger partial charge in [-0.1, -0.05) is 133 Å². The average molecular weight is 656 g/mol. The highest BCUT2D eigenvalue weighted by Gasteiger charge is 2.18. The van der Waals surface area contributed by atoms with E-state index in [1.54, 1.807) is 11.3 Å². The first-order valence-corrected chi connectivity index (χ1v) is 17.6. The Morgan fingerprint density at radius 2 is 0.960 bits per heavy atom. The third-order valence-electron chi connectivity index (χ3n) is 9.63. The van der Waals surface area contributed by atoms with Gasteiger partial charge in [0.05, 0.1) is 26.9 Å². The van der Waals surface area contributed by atoms with E-state index in [0.29, 0.717) is 0 Å². The Balaban J connectivity index is 1.09. The number of para-hydroxylation sites is 1. The predicted molar refractivity (Wildman–Crippen MR) is 211 cm³/mol. The lowest BCUT2D eigenvalue weighted by Crippen LogP contribution is -1.94. The lowest BCUT2D eigenvalue weighted by molar-refractivity contribution is 1.18. The van der Waals surface area contributed by atoms with Crippen molar-refractivity contribution in [1.29, 1.82) is 0 Å². The molecule has 3 nitrogen and oxygen atoms in total. The molecule has 0 bridgehead atoms. The fourth-order valence-corrected chi connectivity index (χ4v) is 8.33. The van der Waals surface area contributed by atoms with E-state index < -0.39 is 0 Å². The van der Waals surface area contributed by atoms with E-state index in [0.717, 1.165) is 43.9 Å². The Hall–Kier alpha value is -6.36. The standard InChI is InChI=1S/C46H29N3S/c1-4-12-30(13-5-1)34-22-26-41-38(28-34)37-18-10-11-19-40(37)49(41)36-24-20-31(21-25-36)35-23-27-42-39(29-35)44-45(50-42)43(32-14-6-2-7-15-32)47-46(48-44)33-16-8-3-9-17-33/h1-29H. The zero-order valence-electron chi connectivity index (χ0n) is 27.0. The van der Waals surface area contributed by atoms with Gasteiger partial charge in [0, 0.05) is 37.7 Å². The van der Waals surface area contributed by atoms with Gasteiger partial charge < -0.3 is 4.57 Å². The fraction of sp³-hybridized carbons (Fsp3) is 0. The number of hydrogen-bond acceptors (Lipinski definition) is 3. The molecule has 0 spiro atoms. The molecule has 50 heavy (non-hydrogen) atoms. The molecule has 0 radical (unpaired) electrons. The van der Waals surface area contributed by atoms with Gasteiger partial charge in [-0.25, -0.2) is 9.97 Å². The Morgan fingerprint density at radius 1 is 0.400 bits per heavy atom. The van der Waals surface area contributed by atoms with Crippen molar-refractivity contribution in [2.45, 2.75) is 0 Å². The summed E-state index contributed by atoms with van der Waals surface area (Å²) in [6, 6.07) is 62.6. The number of thiophene rings is 1. The van der Waals surface area contributed by atoms with Crippen molar-refractivity contribution >= 4 is 53.4 Å². The van der Waals surface area contributed by atoms with Crippen molar-refractivity contribution in [3.05, 3.63) is 176 Å². The highest BCUT2D eigenvalue weighted by molar-refractivity contribution is 7.26. The van der Waals surface area contributed by atoms with Gasteiger partial charge >= 0.3 is 0 Å². The molecule has 3 heterocycles. The molecule has 0 atom stereocenters. The first kappa shape index (κ1) is 28.6. The van der Waals surface area contributed by atoms with Crippen LogP contribution in [-0.2, 0) is 0 Å². The minimum atomic E-state index is 0.744. The number of benzene rings is 7. The maximum Gasteiger partial charge on any atom is 0.160 e. The van der Waals surface area contributed by atoms with Crippen LogP contribution in [0.15, 0.2) is 176 Å². The van der Waals surface area contributed by atoms with Crippen molar-refractivity contribution in [2.75, 3.05) is 0 Å². The lowest BCUT2D eigenvalue weighted by atomic mass is 10.0. The molecule has 7 aromatic carbocycles. The molecule has 10 rings (SSSR count). The van der Waals surface area contributed by atoms with E-state index in [-0.39, 0.29) is 0 Å². The molecule has 3 aromatic heterocycles. The number of rotatable bonds is 5. The number of aromatic nitrogens is 3. The summed E-state index contributed by atoms with van der Waals surface area (Å²) in [7, 11) is 0. The van der Waals surface area contributed by atoms with Gasteiger partial charge in [-0.05, 0) is 64.7 Å². The molecule has 234 valence electrons. The van der Waals surface area contributed by atoms with Gasteiger partial charge in [0.1, 0.15) is 0 Å². The van der Waals surface area contributed by atoms with Crippen molar-refractivity contribution in [3.63, 3.8) is 0 Å². The topological polar surface area (TPSA) is 30.7 Å². The summed E-state index contributed by atoms with van der Waals surface area (Å²) >= 11 is 1.76. The molecule has 0 unspecified atom stereocenters. The number of nitrogens with zero attached hydrogens (tertiary/aromatic N) is 3. The Bertz CT molecular complexity index is 2840. The first-order chi connectivity index (χ1) is 24.8. The molecule has 0 amide bonds. The summed E-state index contributed by atoms with van der Waals surface area (Å²) in [4.78, 5) is 10.3. The minimum Gasteiger partial charge on any atom is -0.309 e. The summed E-state index contributed by atoms with van der Waals surface area (Å²) in [6.45, 7) is 0. The zero-order valence-corrected chi connectivity index (χ0v) is 27.8. The van der Waals surface area contributed by atoms with Crippen LogP contribution in [0.1, 0.15) is 0 Å². The van der Waals surface area contributed by atoms with Gasteiger partial charge in [-0.15, -0.1) is 11.3 Å². The Labute approximate surface area is 293 Å². The van der Waals surface area contributed by atoms with Gasteiger partial charge in [0.2, 0.25) is 0 Å². The summed E-state index contributed by atoms with van der Waals surface area (Å²) in [6.07, 6.45) is 0. The van der Waals surface area contributed by atoms with E-state index >= 15 is 0 Å². The van der Waals surface area contributed by atoms with Crippen LogP contribution in [0, 0.1) is 0 Å². The maximum absolute atomic E-state index is 5.18. The van der Waals surface area contributed by atoms with Crippen molar-refractivity contribution in [2.24, 2.45) is 0 Å². The van der Waals surface area contributed by atoms with Gasteiger partial charge in [0.15, 0.2) is 5.82 Å². The molecule has 0 aliphatic heterocycles. The molecule has 0 aliphatic carbocycles. The number of hydrogen-bond donors (Lipinski definition) is 0. The first-order valence-electron chi connectivity index (χ1n) is 16.8. The molecular weight excluding hydrogens is 627 g/mol. The van der Waals surface area contributed by atoms with Crippen LogP contribution in [0.4, 0.5) is 0 Å². The SMILES string of the molecule is c1ccc(-c2ccc3c(c2)c2ccccc2n3-c2ccc(-c3ccc4sc5c(-c6ccccc6)nc(-c6ccccc6)nc5c4c3)cc2)cc1. The zero-order chi connectivity index (χ0) is 33.0. The molecule has 0 N–H and O–H groups in total. The summed E-state index contributed by atoms with van der Waals surface area (Å²) in [5.74, 6) is 0.744. The normalized spacial score (nSPS) is 11.6. The molecule has 0 saturated carbocycles. The quantitative estimate of drug-likeness (QED) is 0.185. The molecule has 10 aromatic rings.